The van der Waals surface area contributed by atoms with Gasteiger partial charge in [0.05, 0.1) is 12.1 Å². The molecule has 3 heterocycles. The van der Waals surface area contributed by atoms with Crippen molar-refractivity contribution in [3.63, 3.8) is 0 Å². The summed E-state index contributed by atoms with van der Waals surface area (Å²) < 4.78 is 5.91. The van der Waals surface area contributed by atoms with Crippen molar-refractivity contribution < 1.29 is 9.84 Å². The first kappa shape index (κ1) is 16.4. The van der Waals surface area contributed by atoms with Gasteiger partial charge in [0, 0.05) is 44.6 Å². The third-order valence-corrected chi connectivity index (χ3v) is 5.47. The number of aliphatic imine (C=N–C) groups is 1. The summed E-state index contributed by atoms with van der Waals surface area (Å²) in [5.74, 6) is 3.32. The van der Waals surface area contributed by atoms with Gasteiger partial charge in [0.1, 0.15) is 6.10 Å². The van der Waals surface area contributed by atoms with Crippen LogP contribution >= 0.6 is 11.8 Å². The lowest BCUT2D eigenvalue weighted by atomic mass is 10.0. The molecule has 0 bridgehead atoms. The van der Waals surface area contributed by atoms with Gasteiger partial charge in [-0.25, -0.2) is 4.98 Å². The number of pyridine rings is 1. The predicted molar refractivity (Wildman–Crippen MR) is 93.1 cm³/mol. The van der Waals surface area contributed by atoms with Gasteiger partial charge in [-0.2, -0.15) is 11.8 Å². The van der Waals surface area contributed by atoms with Crippen LogP contribution in [0.5, 0.6) is 5.88 Å². The van der Waals surface area contributed by atoms with Crippen molar-refractivity contribution in [2.24, 2.45) is 4.99 Å². The Morgan fingerprint density at radius 3 is 3.22 bits per heavy atom. The second-order valence-electron chi connectivity index (χ2n) is 6.07. The monoisotopic (exact) mass is 336 g/mol. The Labute approximate surface area is 141 Å². The quantitative estimate of drug-likeness (QED) is 0.631. The fraction of sp³-hybridized carbons (Fsp3) is 0.625. The highest BCUT2D eigenvalue weighted by molar-refractivity contribution is 7.99. The third-order valence-electron chi connectivity index (χ3n) is 4.24. The molecule has 23 heavy (non-hydrogen) atoms. The minimum absolute atomic E-state index is 0.119. The summed E-state index contributed by atoms with van der Waals surface area (Å²) in [5.41, 5.74) is -0.607. The molecule has 7 heteroatoms. The molecule has 2 N–H and O–H groups in total. The average Bonchev–Trinajstić information content (AvgIpc) is 3.19. The summed E-state index contributed by atoms with van der Waals surface area (Å²) in [4.78, 5) is 10.7. The molecule has 126 valence electrons. The van der Waals surface area contributed by atoms with E-state index in [1.165, 1.54) is 0 Å². The van der Waals surface area contributed by atoms with Crippen LogP contribution in [-0.4, -0.2) is 70.8 Å². The van der Waals surface area contributed by atoms with E-state index in [1.807, 2.05) is 18.2 Å². The molecule has 6 nitrogen and oxygen atoms in total. The van der Waals surface area contributed by atoms with Gasteiger partial charge in [-0.3, -0.25) is 4.99 Å². The van der Waals surface area contributed by atoms with Crippen LogP contribution < -0.4 is 10.1 Å². The minimum Gasteiger partial charge on any atom is -0.472 e. The van der Waals surface area contributed by atoms with E-state index >= 15 is 0 Å². The number of hydrogen-bond donors (Lipinski definition) is 2. The Hall–Kier alpha value is -1.47. The predicted octanol–water partition coefficient (Wildman–Crippen LogP) is 0.978. The van der Waals surface area contributed by atoms with Crippen molar-refractivity contribution in [1.82, 2.24) is 15.2 Å². The summed E-state index contributed by atoms with van der Waals surface area (Å²) in [6, 6.07) is 5.68. The second-order valence-corrected chi connectivity index (χ2v) is 7.18. The van der Waals surface area contributed by atoms with Crippen molar-refractivity contribution in [2.75, 3.05) is 38.2 Å². The number of nitrogens with zero attached hydrogens (tertiary/aromatic N) is 3. The van der Waals surface area contributed by atoms with E-state index in [0.29, 0.717) is 12.4 Å². The number of rotatable bonds is 4. The molecular formula is C16H24N4O2S. The van der Waals surface area contributed by atoms with E-state index < -0.39 is 5.60 Å². The zero-order valence-corrected chi connectivity index (χ0v) is 14.3. The molecule has 0 spiro atoms. The molecule has 0 aromatic carbocycles. The number of aromatic nitrogens is 1. The van der Waals surface area contributed by atoms with Gasteiger partial charge < -0.3 is 20.1 Å². The van der Waals surface area contributed by atoms with Crippen LogP contribution in [0, 0.1) is 0 Å². The van der Waals surface area contributed by atoms with Gasteiger partial charge in [-0.1, -0.05) is 6.07 Å². The Balaban J connectivity index is 1.50. The third kappa shape index (κ3) is 4.29. The molecule has 2 unspecified atom stereocenters. The van der Waals surface area contributed by atoms with Gasteiger partial charge in [-0.05, 0) is 18.2 Å². The number of thioether (sulfide) groups is 1. The number of hydrogen-bond acceptors (Lipinski definition) is 5. The van der Waals surface area contributed by atoms with E-state index in [2.05, 4.69) is 20.2 Å². The fourth-order valence-electron chi connectivity index (χ4n) is 2.92. The number of guanidine groups is 1. The van der Waals surface area contributed by atoms with Crippen LogP contribution in [0.15, 0.2) is 29.4 Å². The van der Waals surface area contributed by atoms with Gasteiger partial charge in [0.15, 0.2) is 5.96 Å². The Bertz CT molecular complexity index is 534. The molecule has 3 rings (SSSR count). The first-order valence-electron chi connectivity index (χ1n) is 8.02. The summed E-state index contributed by atoms with van der Waals surface area (Å²) >= 11 is 1.80. The van der Waals surface area contributed by atoms with E-state index in [1.54, 1.807) is 25.0 Å². The molecule has 0 radical (unpaired) electrons. The summed E-state index contributed by atoms with van der Waals surface area (Å²) in [7, 11) is 1.78. The molecular weight excluding hydrogens is 312 g/mol. The highest BCUT2D eigenvalue weighted by atomic mass is 32.2. The van der Waals surface area contributed by atoms with E-state index in [0.717, 1.165) is 43.4 Å². The zero-order valence-electron chi connectivity index (χ0n) is 13.4. The first-order valence-corrected chi connectivity index (χ1v) is 9.17. The largest absolute Gasteiger partial charge is 0.472 e. The van der Waals surface area contributed by atoms with Crippen molar-refractivity contribution >= 4 is 17.7 Å². The Morgan fingerprint density at radius 1 is 1.61 bits per heavy atom. The number of nitrogens with one attached hydrogen (secondary N) is 1. The molecule has 0 saturated carbocycles. The van der Waals surface area contributed by atoms with Crippen LogP contribution in [0.25, 0.3) is 0 Å². The maximum absolute atomic E-state index is 10.4. The Morgan fingerprint density at radius 2 is 2.52 bits per heavy atom. The number of likely N-dealkylation sites (tertiary alicyclic amines) is 1. The molecule has 0 amide bonds. The number of ether oxygens (including phenoxy) is 1. The van der Waals surface area contributed by atoms with Crippen molar-refractivity contribution in [2.45, 2.75) is 24.5 Å². The average molecular weight is 336 g/mol. The molecule has 2 fully saturated rings. The molecule has 1 aromatic heterocycles. The minimum atomic E-state index is -0.607. The van der Waals surface area contributed by atoms with Crippen LogP contribution in [0.3, 0.4) is 0 Å². The standard InChI is InChI=1S/C16H24N4O2S/c1-17-15(19-11-16(21)6-9-23-12-16)20-8-5-13(10-20)22-14-4-2-3-7-18-14/h2-4,7,13,21H,5-6,8-12H2,1H3,(H,17,19). The van der Waals surface area contributed by atoms with Gasteiger partial charge in [0.25, 0.3) is 0 Å². The highest BCUT2D eigenvalue weighted by Gasteiger charge is 2.33. The van der Waals surface area contributed by atoms with Crippen LogP contribution in [-0.2, 0) is 0 Å². The first-order chi connectivity index (χ1) is 11.2. The molecule has 2 atom stereocenters. The van der Waals surface area contributed by atoms with Crippen molar-refractivity contribution in [1.29, 1.82) is 0 Å². The molecule has 2 aliphatic rings. The second kappa shape index (κ2) is 7.40. The topological polar surface area (TPSA) is 70.0 Å². The highest BCUT2D eigenvalue weighted by Crippen LogP contribution is 2.27. The lowest BCUT2D eigenvalue weighted by Gasteiger charge is -2.26. The van der Waals surface area contributed by atoms with Crippen molar-refractivity contribution in [3.8, 4) is 5.88 Å². The molecule has 2 saturated heterocycles. The molecule has 2 aliphatic heterocycles. The SMILES string of the molecule is CN=C(NCC1(O)CCSC1)N1CCC(Oc2ccccn2)C1. The lowest BCUT2D eigenvalue weighted by molar-refractivity contribution is 0.0718. The Kier molecular flexibility index (Phi) is 5.27. The summed E-state index contributed by atoms with van der Waals surface area (Å²) in [6.45, 7) is 2.22. The smallest absolute Gasteiger partial charge is 0.213 e. The fourth-order valence-corrected chi connectivity index (χ4v) is 4.21. The lowest BCUT2D eigenvalue weighted by Crippen LogP contribution is -2.48. The molecule has 1 aromatic rings. The molecule has 0 aliphatic carbocycles. The zero-order chi connectivity index (χ0) is 16.1. The van der Waals surface area contributed by atoms with E-state index in [-0.39, 0.29) is 6.10 Å². The van der Waals surface area contributed by atoms with Crippen LogP contribution in [0.4, 0.5) is 0 Å². The normalized spacial score (nSPS) is 28.2. The maximum atomic E-state index is 10.4. The van der Waals surface area contributed by atoms with E-state index in [9.17, 15) is 5.11 Å². The van der Waals surface area contributed by atoms with Gasteiger partial charge in [0.2, 0.25) is 5.88 Å². The maximum Gasteiger partial charge on any atom is 0.213 e. The summed E-state index contributed by atoms with van der Waals surface area (Å²) in [5, 5.41) is 13.8. The van der Waals surface area contributed by atoms with Crippen LogP contribution in [0.1, 0.15) is 12.8 Å². The van der Waals surface area contributed by atoms with Gasteiger partial charge >= 0.3 is 0 Å². The van der Waals surface area contributed by atoms with Crippen molar-refractivity contribution in [3.05, 3.63) is 24.4 Å². The number of aliphatic hydroxyl groups is 1. The van der Waals surface area contributed by atoms with Crippen LogP contribution in [0.2, 0.25) is 0 Å². The van der Waals surface area contributed by atoms with E-state index in [4.69, 9.17) is 4.74 Å². The van der Waals surface area contributed by atoms with Gasteiger partial charge in [-0.15, -0.1) is 0 Å². The summed E-state index contributed by atoms with van der Waals surface area (Å²) in [6.07, 6.45) is 3.64.